The van der Waals surface area contributed by atoms with Crippen LogP contribution in [-0.4, -0.2) is 30.3 Å². The Bertz CT molecular complexity index is 74.8. The van der Waals surface area contributed by atoms with Crippen LogP contribution in [0.5, 0.6) is 0 Å². The Hall–Kier alpha value is -0.240. The Morgan fingerprint density at radius 2 is 2.38 bits per heavy atom. The standard InChI is InChI=1S/C5H10ClNO/c1-5(6)3-7(2)4-8/h4-5H,3H2,1-2H3. The number of carbonyl (C=O) groups excluding carboxylic acids is 1. The quantitative estimate of drug-likeness (QED) is 0.412. The van der Waals surface area contributed by atoms with Crippen molar-refractivity contribution in [2.24, 2.45) is 0 Å². The van der Waals surface area contributed by atoms with Crippen molar-refractivity contribution in [3.05, 3.63) is 0 Å². The van der Waals surface area contributed by atoms with E-state index in [9.17, 15) is 4.79 Å². The maximum atomic E-state index is 9.91. The molecule has 0 spiro atoms. The van der Waals surface area contributed by atoms with Crippen molar-refractivity contribution in [3.8, 4) is 0 Å². The molecule has 0 radical (unpaired) electrons. The van der Waals surface area contributed by atoms with Crippen LogP contribution in [0.1, 0.15) is 6.92 Å². The van der Waals surface area contributed by atoms with Gasteiger partial charge >= 0.3 is 0 Å². The van der Waals surface area contributed by atoms with Crippen LogP contribution in [0.25, 0.3) is 0 Å². The fraction of sp³-hybridized carbons (Fsp3) is 0.800. The second-order valence-corrected chi connectivity index (χ2v) is 2.57. The van der Waals surface area contributed by atoms with Gasteiger partial charge in [0.2, 0.25) is 6.41 Å². The monoisotopic (exact) mass is 135 g/mol. The number of hydrogen-bond acceptors (Lipinski definition) is 1. The summed E-state index contributed by atoms with van der Waals surface area (Å²) in [5.41, 5.74) is 0. The summed E-state index contributed by atoms with van der Waals surface area (Å²) in [5, 5.41) is 0.0465. The summed E-state index contributed by atoms with van der Waals surface area (Å²) >= 11 is 5.55. The molecule has 0 aromatic rings. The average Bonchev–Trinajstić information content (AvgIpc) is 1.65. The van der Waals surface area contributed by atoms with Gasteiger partial charge in [0.15, 0.2) is 0 Å². The number of hydrogen-bond donors (Lipinski definition) is 0. The first-order valence-corrected chi connectivity index (χ1v) is 2.90. The van der Waals surface area contributed by atoms with Crippen molar-refractivity contribution in [3.63, 3.8) is 0 Å². The normalized spacial score (nSPS) is 12.9. The lowest BCUT2D eigenvalue weighted by Crippen LogP contribution is -2.22. The van der Waals surface area contributed by atoms with Crippen molar-refractivity contribution in [1.29, 1.82) is 0 Å². The van der Waals surface area contributed by atoms with Crippen LogP contribution in [-0.2, 0) is 4.79 Å². The van der Waals surface area contributed by atoms with Gasteiger partial charge in [0.05, 0.1) is 0 Å². The molecule has 0 bridgehead atoms. The summed E-state index contributed by atoms with van der Waals surface area (Å²) in [6.45, 7) is 2.46. The van der Waals surface area contributed by atoms with Crippen LogP contribution >= 0.6 is 11.6 Å². The highest BCUT2D eigenvalue weighted by Crippen LogP contribution is 1.92. The van der Waals surface area contributed by atoms with Crippen LogP contribution in [0.3, 0.4) is 0 Å². The number of halogens is 1. The van der Waals surface area contributed by atoms with E-state index >= 15 is 0 Å². The molecule has 1 unspecified atom stereocenters. The van der Waals surface area contributed by atoms with Crippen LogP contribution in [0, 0.1) is 0 Å². The maximum Gasteiger partial charge on any atom is 0.209 e. The van der Waals surface area contributed by atoms with Gasteiger partial charge in [-0.15, -0.1) is 11.6 Å². The molecule has 0 aromatic heterocycles. The van der Waals surface area contributed by atoms with Gasteiger partial charge in [-0.25, -0.2) is 0 Å². The van der Waals surface area contributed by atoms with E-state index in [1.165, 1.54) is 4.90 Å². The third-order valence-corrected chi connectivity index (χ3v) is 0.858. The Labute approximate surface area is 54.4 Å². The molecule has 2 nitrogen and oxygen atoms in total. The Morgan fingerprint density at radius 3 is 2.50 bits per heavy atom. The predicted octanol–water partition coefficient (Wildman–Crippen LogP) is 0.702. The smallest absolute Gasteiger partial charge is 0.209 e. The van der Waals surface area contributed by atoms with E-state index in [1.807, 2.05) is 6.92 Å². The third kappa shape index (κ3) is 3.93. The summed E-state index contributed by atoms with van der Waals surface area (Å²) in [6, 6.07) is 0. The van der Waals surface area contributed by atoms with Crippen molar-refractivity contribution in [2.75, 3.05) is 13.6 Å². The fourth-order valence-corrected chi connectivity index (χ4v) is 0.658. The van der Waals surface area contributed by atoms with Crippen LogP contribution in [0.15, 0.2) is 0 Å². The molecule has 0 fully saturated rings. The van der Waals surface area contributed by atoms with Gasteiger partial charge in [-0.05, 0) is 6.92 Å². The van der Waals surface area contributed by atoms with E-state index in [0.717, 1.165) is 6.41 Å². The van der Waals surface area contributed by atoms with E-state index in [4.69, 9.17) is 11.6 Å². The number of rotatable bonds is 3. The van der Waals surface area contributed by atoms with Gasteiger partial charge in [-0.3, -0.25) is 4.79 Å². The SMILES string of the molecule is CC(Cl)CN(C)C=O. The van der Waals surface area contributed by atoms with Crippen LogP contribution in [0.2, 0.25) is 0 Å². The third-order valence-electron chi connectivity index (χ3n) is 0.720. The van der Waals surface area contributed by atoms with Gasteiger partial charge in [-0.2, -0.15) is 0 Å². The van der Waals surface area contributed by atoms with E-state index in [-0.39, 0.29) is 5.38 Å². The molecular formula is C5H10ClNO. The molecule has 48 valence electrons. The van der Waals surface area contributed by atoms with Gasteiger partial charge in [0.25, 0.3) is 0 Å². The molecule has 0 aromatic carbocycles. The molecule has 0 heterocycles. The number of carbonyl (C=O) groups is 1. The zero-order chi connectivity index (χ0) is 6.57. The zero-order valence-electron chi connectivity index (χ0n) is 5.10. The summed E-state index contributed by atoms with van der Waals surface area (Å²) in [7, 11) is 1.70. The Kier molecular flexibility index (Phi) is 3.61. The summed E-state index contributed by atoms with van der Waals surface area (Å²) in [4.78, 5) is 11.4. The molecule has 0 N–H and O–H groups in total. The molecule has 0 saturated carbocycles. The van der Waals surface area contributed by atoms with Crippen molar-refractivity contribution in [2.45, 2.75) is 12.3 Å². The minimum Gasteiger partial charge on any atom is -0.347 e. The second kappa shape index (κ2) is 3.72. The average molecular weight is 136 g/mol. The summed E-state index contributed by atoms with van der Waals surface area (Å²) in [6.07, 6.45) is 0.763. The van der Waals surface area contributed by atoms with Gasteiger partial charge in [0.1, 0.15) is 0 Å². The van der Waals surface area contributed by atoms with Crippen LogP contribution < -0.4 is 0 Å². The molecule has 0 aliphatic carbocycles. The van der Waals surface area contributed by atoms with Crippen molar-refractivity contribution < 1.29 is 4.79 Å². The second-order valence-electron chi connectivity index (χ2n) is 1.83. The topological polar surface area (TPSA) is 20.3 Å². The van der Waals surface area contributed by atoms with Crippen LogP contribution in [0.4, 0.5) is 0 Å². The predicted molar refractivity (Wildman–Crippen MR) is 34.0 cm³/mol. The molecule has 0 rings (SSSR count). The first-order chi connectivity index (χ1) is 3.66. The fourth-order valence-electron chi connectivity index (χ4n) is 0.440. The van der Waals surface area contributed by atoms with Crippen molar-refractivity contribution in [1.82, 2.24) is 4.90 Å². The molecule has 3 heteroatoms. The van der Waals surface area contributed by atoms with E-state index in [1.54, 1.807) is 7.05 Å². The van der Waals surface area contributed by atoms with E-state index < -0.39 is 0 Å². The first-order valence-electron chi connectivity index (χ1n) is 2.46. The first kappa shape index (κ1) is 7.76. The molecule has 0 saturated heterocycles. The number of nitrogens with zero attached hydrogens (tertiary/aromatic N) is 1. The Morgan fingerprint density at radius 1 is 1.88 bits per heavy atom. The molecule has 8 heavy (non-hydrogen) atoms. The molecule has 0 aliphatic rings. The van der Waals surface area contributed by atoms with Gasteiger partial charge in [0, 0.05) is 19.0 Å². The van der Waals surface area contributed by atoms with E-state index in [0.29, 0.717) is 6.54 Å². The highest BCUT2D eigenvalue weighted by Gasteiger charge is 1.97. The lowest BCUT2D eigenvalue weighted by atomic mass is 10.4. The van der Waals surface area contributed by atoms with E-state index in [2.05, 4.69) is 0 Å². The maximum absolute atomic E-state index is 9.91. The lowest BCUT2D eigenvalue weighted by Gasteiger charge is -2.10. The summed E-state index contributed by atoms with van der Waals surface area (Å²) < 4.78 is 0. The van der Waals surface area contributed by atoms with Gasteiger partial charge in [-0.1, -0.05) is 0 Å². The molecule has 1 amide bonds. The van der Waals surface area contributed by atoms with Crippen molar-refractivity contribution >= 4 is 18.0 Å². The van der Waals surface area contributed by atoms with Gasteiger partial charge < -0.3 is 4.90 Å². The summed E-state index contributed by atoms with van der Waals surface area (Å²) in [5.74, 6) is 0. The minimum absolute atomic E-state index is 0.0465. The largest absolute Gasteiger partial charge is 0.347 e. The lowest BCUT2D eigenvalue weighted by molar-refractivity contribution is -0.116. The Balaban J connectivity index is 3.23. The zero-order valence-corrected chi connectivity index (χ0v) is 5.85. The highest BCUT2D eigenvalue weighted by molar-refractivity contribution is 6.20. The molecule has 1 atom stereocenters. The number of alkyl halides is 1. The highest BCUT2D eigenvalue weighted by atomic mass is 35.5. The minimum atomic E-state index is 0.0465. The molecular weight excluding hydrogens is 126 g/mol. The molecule has 0 aliphatic heterocycles. The number of amides is 1.